The van der Waals surface area contributed by atoms with E-state index in [0.717, 1.165) is 38.5 Å². The molecule has 7 atom stereocenters. The molecule has 0 aromatic carbocycles. The monoisotopic (exact) mass is 727 g/mol. The van der Waals surface area contributed by atoms with Gasteiger partial charge in [-0.25, -0.2) is 0 Å². The normalized spacial score (nSPS) is 22.1. The van der Waals surface area contributed by atoms with Crippen molar-refractivity contribution in [1.82, 2.24) is 5.32 Å². The number of nitrogens with one attached hydrogen (secondary N) is 1. The summed E-state index contributed by atoms with van der Waals surface area (Å²) in [6.45, 7) is 4.31. The van der Waals surface area contributed by atoms with Crippen LogP contribution in [0.5, 0.6) is 0 Å². The predicted octanol–water partition coefficient (Wildman–Crippen LogP) is 8.13. The number of carbonyl (C=O) groups is 1. The van der Waals surface area contributed by atoms with Crippen LogP contribution in [0.15, 0.2) is 12.2 Å². The molecule has 1 aliphatic rings. The Balaban J connectivity index is 2.39. The van der Waals surface area contributed by atoms with Crippen LogP contribution in [0, 0.1) is 0 Å². The zero-order valence-corrected chi connectivity index (χ0v) is 33.0. The summed E-state index contributed by atoms with van der Waals surface area (Å²) < 4.78 is 11.4. The van der Waals surface area contributed by atoms with Crippen molar-refractivity contribution < 1.29 is 34.7 Å². The second-order valence-electron chi connectivity index (χ2n) is 15.2. The molecule has 0 aliphatic carbocycles. The van der Waals surface area contributed by atoms with Crippen molar-refractivity contribution in [3.05, 3.63) is 12.2 Å². The number of amides is 1. The Morgan fingerprint density at radius 2 is 1.10 bits per heavy atom. The number of carbonyl (C=O) groups excluding carboxylic acids is 1. The minimum atomic E-state index is -1.49. The molecule has 9 nitrogen and oxygen atoms in total. The van der Waals surface area contributed by atoms with Crippen LogP contribution in [0.4, 0.5) is 0 Å². The van der Waals surface area contributed by atoms with Crippen LogP contribution in [-0.2, 0) is 14.3 Å². The highest BCUT2D eigenvalue weighted by molar-refractivity contribution is 5.76. The van der Waals surface area contributed by atoms with Crippen LogP contribution in [0.25, 0.3) is 0 Å². The Hall–Kier alpha value is -1.07. The molecule has 7 N–H and O–H groups in total. The maximum Gasteiger partial charge on any atom is 0.220 e. The molecule has 1 rings (SSSR count). The first-order valence-corrected chi connectivity index (χ1v) is 21.5. The first kappa shape index (κ1) is 48.0. The van der Waals surface area contributed by atoms with E-state index in [-0.39, 0.29) is 19.1 Å². The van der Waals surface area contributed by atoms with Gasteiger partial charge in [0.05, 0.1) is 18.8 Å². The smallest absolute Gasteiger partial charge is 0.220 e. The van der Waals surface area contributed by atoms with Crippen LogP contribution in [-0.4, -0.2) is 82.3 Å². The van der Waals surface area contributed by atoms with Gasteiger partial charge in [0.15, 0.2) is 6.29 Å². The van der Waals surface area contributed by atoms with E-state index in [1.165, 1.54) is 135 Å². The highest BCUT2D eigenvalue weighted by atomic mass is 16.7. The molecule has 9 heteroatoms. The van der Waals surface area contributed by atoms with Gasteiger partial charge in [0, 0.05) is 13.0 Å². The van der Waals surface area contributed by atoms with Crippen molar-refractivity contribution in [3.8, 4) is 0 Å². The zero-order valence-electron chi connectivity index (χ0n) is 33.0. The lowest BCUT2D eigenvalue weighted by Gasteiger charge is -2.40. The summed E-state index contributed by atoms with van der Waals surface area (Å²) in [5.41, 5.74) is 5.66. The second kappa shape index (κ2) is 33.5. The minimum absolute atomic E-state index is 0.0609. The number of aliphatic hydroxyl groups is 4. The van der Waals surface area contributed by atoms with Gasteiger partial charge >= 0.3 is 0 Å². The van der Waals surface area contributed by atoms with Crippen LogP contribution in [0.2, 0.25) is 0 Å². The maximum atomic E-state index is 12.9. The molecule has 1 aliphatic heterocycles. The predicted molar refractivity (Wildman–Crippen MR) is 209 cm³/mol. The van der Waals surface area contributed by atoms with Crippen LogP contribution < -0.4 is 11.1 Å². The lowest BCUT2D eigenvalue weighted by atomic mass is 9.99. The maximum absolute atomic E-state index is 12.9. The Morgan fingerprint density at radius 3 is 1.55 bits per heavy atom. The average Bonchev–Trinajstić information content (AvgIpc) is 3.13. The Labute approximate surface area is 312 Å². The number of nitrogens with two attached hydrogens (primary N) is 1. The van der Waals surface area contributed by atoms with Gasteiger partial charge in [0.1, 0.15) is 24.4 Å². The average molecular weight is 727 g/mol. The van der Waals surface area contributed by atoms with Crippen LogP contribution >= 0.6 is 0 Å². The van der Waals surface area contributed by atoms with Crippen LogP contribution in [0.1, 0.15) is 194 Å². The Morgan fingerprint density at radius 1 is 0.667 bits per heavy atom. The molecule has 1 fully saturated rings. The van der Waals surface area contributed by atoms with E-state index >= 15 is 0 Å². The molecule has 0 aromatic heterocycles. The summed E-state index contributed by atoms with van der Waals surface area (Å²) >= 11 is 0. The SMILES string of the molecule is CCCCCCCCCCCCCC=C[C@@H](O)[C@H](CO[C@H]1OC(CN)[C@H](O)[C@H](O)[C@@H]1O)NC(=O)CCCCCCCCCCCCCCCCC. The lowest BCUT2D eigenvalue weighted by molar-refractivity contribution is -0.296. The highest BCUT2D eigenvalue weighted by Crippen LogP contribution is 2.22. The summed E-state index contributed by atoms with van der Waals surface area (Å²) in [7, 11) is 0. The number of allylic oxidation sites excluding steroid dienone is 1. The van der Waals surface area contributed by atoms with Gasteiger partial charge in [0.25, 0.3) is 0 Å². The molecule has 1 saturated heterocycles. The van der Waals surface area contributed by atoms with Gasteiger partial charge in [-0.05, 0) is 19.3 Å². The number of hydrogen-bond acceptors (Lipinski definition) is 8. The van der Waals surface area contributed by atoms with Gasteiger partial charge in [-0.2, -0.15) is 0 Å². The number of rotatable bonds is 35. The van der Waals surface area contributed by atoms with E-state index in [1.54, 1.807) is 6.08 Å². The molecule has 51 heavy (non-hydrogen) atoms. The number of unbranched alkanes of at least 4 members (excludes halogenated alkanes) is 25. The van der Waals surface area contributed by atoms with E-state index in [1.807, 2.05) is 6.08 Å². The first-order chi connectivity index (χ1) is 24.8. The van der Waals surface area contributed by atoms with Crippen molar-refractivity contribution in [1.29, 1.82) is 0 Å². The van der Waals surface area contributed by atoms with E-state index in [0.29, 0.717) is 6.42 Å². The summed E-state index contributed by atoms with van der Waals surface area (Å²) in [6.07, 6.45) is 30.4. The van der Waals surface area contributed by atoms with Crippen molar-refractivity contribution in [2.45, 2.75) is 236 Å². The molecule has 0 spiro atoms. The van der Waals surface area contributed by atoms with Crippen LogP contribution in [0.3, 0.4) is 0 Å². The second-order valence-corrected chi connectivity index (χ2v) is 15.2. The van der Waals surface area contributed by atoms with E-state index in [2.05, 4.69) is 19.2 Å². The third kappa shape index (κ3) is 24.8. The van der Waals surface area contributed by atoms with Gasteiger partial charge in [-0.15, -0.1) is 0 Å². The lowest BCUT2D eigenvalue weighted by Crippen LogP contribution is -2.60. The van der Waals surface area contributed by atoms with Crippen molar-refractivity contribution in [2.75, 3.05) is 13.2 Å². The molecule has 0 saturated carbocycles. The molecule has 0 bridgehead atoms. The highest BCUT2D eigenvalue weighted by Gasteiger charge is 2.44. The van der Waals surface area contributed by atoms with E-state index in [9.17, 15) is 25.2 Å². The molecular weight excluding hydrogens is 644 g/mol. The minimum Gasteiger partial charge on any atom is -0.388 e. The quantitative estimate of drug-likeness (QED) is 0.0283. The number of ether oxygens (including phenoxy) is 2. The number of aliphatic hydroxyl groups excluding tert-OH is 4. The number of hydrogen-bond donors (Lipinski definition) is 6. The summed E-state index contributed by atoms with van der Waals surface area (Å²) in [4.78, 5) is 12.9. The molecule has 0 aromatic rings. The molecular formula is C42H82N2O7. The topological polar surface area (TPSA) is 154 Å². The first-order valence-electron chi connectivity index (χ1n) is 21.5. The molecule has 1 amide bonds. The largest absolute Gasteiger partial charge is 0.388 e. The molecule has 0 radical (unpaired) electrons. The zero-order chi connectivity index (χ0) is 37.4. The Kier molecular flexibility index (Phi) is 31.5. The fourth-order valence-corrected chi connectivity index (χ4v) is 6.91. The van der Waals surface area contributed by atoms with Crippen molar-refractivity contribution in [3.63, 3.8) is 0 Å². The van der Waals surface area contributed by atoms with Crippen molar-refractivity contribution >= 4 is 5.91 Å². The van der Waals surface area contributed by atoms with Crippen molar-refractivity contribution in [2.24, 2.45) is 5.73 Å². The van der Waals surface area contributed by atoms with Gasteiger partial charge in [-0.1, -0.05) is 180 Å². The molecule has 302 valence electrons. The fourth-order valence-electron chi connectivity index (χ4n) is 6.91. The summed E-state index contributed by atoms with van der Waals surface area (Å²) in [5.74, 6) is -0.156. The standard InChI is InChI=1S/C42H82N2O7/c1-3-5-7-9-11-13-15-17-18-20-22-24-26-28-30-32-38(46)44-35(34-50-42-41(49)40(48)39(47)37(33-43)51-42)36(45)31-29-27-25-23-21-19-16-14-12-10-8-6-4-2/h29,31,35-37,39-42,45,47-49H,3-28,30,32-34,43H2,1-2H3,(H,44,46)/t35-,36+,37?,39-,40-,41-,42-/m0/s1. The third-order valence-electron chi connectivity index (χ3n) is 10.4. The molecule has 1 unspecified atom stereocenters. The summed E-state index contributed by atoms with van der Waals surface area (Å²) in [6, 6.07) is -0.765. The van der Waals surface area contributed by atoms with Gasteiger partial charge in [-0.3, -0.25) is 4.79 Å². The Bertz CT molecular complexity index is 814. The van der Waals surface area contributed by atoms with E-state index < -0.39 is 42.9 Å². The van der Waals surface area contributed by atoms with Gasteiger partial charge < -0.3 is 41.0 Å². The third-order valence-corrected chi connectivity index (χ3v) is 10.4. The van der Waals surface area contributed by atoms with Gasteiger partial charge in [0.2, 0.25) is 5.91 Å². The summed E-state index contributed by atoms with van der Waals surface area (Å²) in [5, 5.41) is 44.7. The molecule has 1 heterocycles. The fraction of sp³-hybridized carbons (Fsp3) is 0.929. The van der Waals surface area contributed by atoms with E-state index in [4.69, 9.17) is 15.2 Å².